The molecule has 4 nitrogen and oxygen atoms in total. The molecule has 68 valence electrons. The van der Waals surface area contributed by atoms with Crippen molar-refractivity contribution >= 4 is 0 Å². The second-order valence-corrected chi connectivity index (χ2v) is 2.14. The quantitative estimate of drug-likeness (QED) is 0.360. The van der Waals surface area contributed by atoms with E-state index in [0.717, 1.165) is 19.3 Å². The minimum atomic E-state index is 0.201. The van der Waals surface area contributed by atoms with Crippen LogP contribution in [-0.4, -0.2) is 16.5 Å². The third kappa shape index (κ3) is 9.58. The van der Waals surface area contributed by atoms with Gasteiger partial charge in [-0.2, -0.15) is 0 Å². The monoisotopic (exact) mass is 162 g/mol. The van der Waals surface area contributed by atoms with Crippen molar-refractivity contribution in [3.8, 4) is 0 Å². The average Bonchev–Trinajstić information content (AvgIpc) is 2.08. The van der Waals surface area contributed by atoms with Crippen LogP contribution in [0.1, 0.15) is 26.2 Å². The zero-order valence-corrected chi connectivity index (χ0v) is 6.95. The molecule has 0 saturated heterocycles. The lowest BCUT2D eigenvalue weighted by Crippen LogP contribution is -2.24. The van der Waals surface area contributed by atoms with Crippen molar-refractivity contribution in [3.05, 3.63) is 12.7 Å². The molecule has 0 amide bonds. The molecule has 0 aliphatic heterocycles. The third-order valence-electron chi connectivity index (χ3n) is 1.27. The minimum Gasteiger partial charge on any atom is -0.320 e. The van der Waals surface area contributed by atoms with E-state index < -0.39 is 0 Å². The van der Waals surface area contributed by atoms with Crippen LogP contribution >= 0.6 is 0 Å². The molecule has 11 heavy (non-hydrogen) atoms. The van der Waals surface area contributed by atoms with E-state index in [1.165, 1.54) is 0 Å². The van der Waals surface area contributed by atoms with Gasteiger partial charge in [0.25, 0.3) is 0 Å². The van der Waals surface area contributed by atoms with Gasteiger partial charge in [-0.25, -0.2) is 11.4 Å². The van der Waals surface area contributed by atoms with Crippen molar-refractivity contribution < 1.29 is 10.4 Å². The summed E-state index contributed by atoms with van der Waals surface area (Å²) < 4.78 is 0. The van der Waals surface area contributed by atoms with Crippen molar-refractivity contribution in [2.75, 3.05) is 0 Å². The molecule has 0 aliphatic carbocycles. The highest BCUT2D eigenvalue weighted by atomic mass is 16.5. The smallest absolute Gasteiger partial charge is 0.0353 e. The zero-order valence-electron chi connectivity index (χ0n) is 6.95. The lowest BCUT2D eigenvalue weighted by molar-refractivity contribution is 0.122. The van der Waals surface area contributed by atoms with Gasteiger partial charge in [0.05, 0.1) is 0 Å². The highest BCUT2D eigenvalue weighted by Gasteiger charge is 2.00. The summed E-state index contributed by atoms with van der Waals surface area (Å²) in [5.74, 6) is 3.50. The Bertz CT molecular complexity index is 78.8. The molecule has 0 aromatic carbocycles. The summed E-state index contributed by atoms with van der Waals surface area (Å²) in [4.78, 5) is 0. The van der Waals surface area contributed by atoms with Crippen LogP contribution in [0.5, 0.6) is 0 Å². The molecule has 0 bridgehead atoms. The van der Waals surface area contributed by atoms with E-state index in [1.807, 2.05) is 6.08 Å². The molecule has 4 heteroatoms. The van der Waals surface area contributed by atoms with Gasteiger partial charge in [0.1, 0.15) is 0 Å². The fourth-order valence-electron chi connectivity index (χ4n) is 0.785. The first-order chi connectivity index (χ1) is 5.35. The third-order valence-corrected chi connectivity index (χ3v) is 1.27. The Morgan fingerprint density at radius 3 is 2.45 bits per heavy atom. The fourth-order valence-corrected chi connectivity index (χ4v) is 0.785. The first-order valence-electron chi connectivity index (χ1n) is 3.61. The van der Waals surface area contributed by atoms with Gasteiger partial charge in [-0.3, -0.25) is 0 Å². The first-order valence-corrected chi connectivity index (χ1v) is 3.61. The molecule has 0 fully saturated rings. The van der Waals surface area contributed by atoms with Gasteiger partial charge >= 0.3 is 0 Å². The predicted molar refractivity (Wildman–Crippen MR) is 44.4 cm³/mol. The van der Waals surface area contributed by atoms with Gasteiger partial charge in [0.15, 0.2) is 0 Å². The maximum absolute atomic E-state index is 8.49. The highest BCUT2D eigenvalue weighted by Crippen LogP contribution is 2.00. The van der Waals surface area contributed by atoms with E-state index in [0.29, 0.717) is 0 Å². The lowest BCUT2D eigenvalue weighted by Gasteiger charge is -2.09. The van der Waals surface area contributed by atoms with Crippen LogP contribution in [0.15, 0.2) is 12.7 Å². The Balaban J connectivity index is 0. The lowest BCUT2D eigenvalue weighted by atomic mass is 10.1. The summed E-state index contributed by atoms with van der Waals surface area (Å²) in [6.07, 6.45) is 4.74. The summed E-state index contributed by atoms with van der Waals surface area (Å²) in [6, 6.07) is 0.201. The van der Waals surface area contributed by atoms with Crippen LogP contribution in [0.2, 0.25) is 0 Å². The molecule has 1 unspecified atom stereocenters. The molecule has 5 N–H and O–H groups in total. The molecule has 0 rings (SSSR count). The number of rotatable bonds is 5. The maximum atomic E-state index is 8.49. The van der Waals surface area contributed by atoms with Crippen LogP contribution in [0.3, 0.4) is 0 Å². The van der Waals surface area contributed by atoms with Gasteiger partial charge in [0, 0.05) is 6.04 Å². The molecular weight excluding hydrogens is 144 g/mol. The van der Waals surface area contributed by atoms with E-state index in [-0.39, 0.29) is 6.04 Å². The molecule has 0 spiro atoms. The van der Waals surface area contributed by atoms with Crippen molar-refractivity contribution in [1.82, 2.24) is 5.48 Å². The second kappa shape index (κ2) is 12.3. The largest absolute Gasteiger partial charge is 0.320 e. The van der Waals surface area contributed by atoms with Crippen molar-refractivity contribution in [2.24, 2.45) is 5.90 Å². The van der Waals surface area contributed by atoms with E-state index in [1.54, 1.807) is 0 Å². The number of hydrogen-bond donors (Lipinski definition) is 4. The Labute approximate surface area is 67.6 Å². The molecule has 0 aromatic heterocycles. The van der Waals surface area contributed by atoms with Crippen LogP contribution < -0.4 is 11.4 Å². The molecular formula is C7H18N2O2. The van der Waals surface area contributed by atoms with Gasteiger partial charge in [-0.05, 0) is 12.8 Å². The maximum Gasteiger partial charge on any atom is 0.0353 e. The normalized spacial score (nSPS) is 11.3. The second-order valence-electron chi connectivity index (χ2n) is 2.14. The Morgan fingerprint density at radius 1 is 1.64 bits per heavy atom. The van der Waals surface area contributed by atoms with Crippen molar-refractivity contribution in [2.45, 2.75) is 32.2 Å². The van der Waals surface area contributed by atoms with Crippen LogP contribution in [0.25, 0.3) is 0 Å². The van der Waals surface area contributed by atoms with Gasteiger partial charge in [0.2, 0.25) is 0 Å². The molecule has 0 heterocycles. The van der Waals surface area contributed by atoms with Gasteiger partial charge in [-0.1, -0.05) is 19.4 Å². The summed E-state index contributed by atoms with van der Waals surface area (Å²) in [6.45, 7) is 5.67. The van der Waals surface area contributed by atoms with Crippen LogP contribution in [-0.2, 0) is 0 Å². The fraction of sp³-hybridized carbons (Fsp3) is 0.714. The molecule has 0 radical (unpaired) electrons. The summed E-state index contributed by atoms with van der Waals surface area (Å²) in [7, 11) is 0. The van der Waals surface area contributed by atoms with Gasteiger partial charge < -0.3 is 10.4 Å². The molecule has 0 aromatic rings. The number of nitrogens with one attached hydrogen (secondary N) is 1. The number of hydrogen-bond acceptors (Lipinski definition) is 4. The summed E-state index contributed by atoms with van der Waals surface area (Å²) >= 11 is 0. The Hall–Kier alpha value is -0.420. The average molecular weight is 162 g/mol. The molecule has 0 aliphatic rings. The van der Waals surface area contributed by atoms with Crippen LogP contribution in [0, 0.1) is 0 Å². The Morgan fingerprint density at radius 2 is 2.18 bits per heavy atom. The minimum absolute atomic E-state index is 0.201. The van der Waals surface area contributed by atoms with E-state index in [2.05, 4.69) is 24.9 Å². The van der Waals surface area contributed by atoms with Crippen molar-refractivity contribution in [1.29, 1.82) is 0 Å². The standard InChI is InChI=1S/C7H15NO.H3NO/c1-3-5-7(8-9)6-4-2;1-2/h3,7-9H,1,4-6H2,2H3;2H,1H2. The van der Waals surface area contributed by atoms with Crippen LogP contribution in [0.4, 0.5) is 0 Å². The number of nitrogens with two attached hydrogens (primary N) is 1. The SMILES string of the molecule is C=CCC(CCC)NO.NO. The van der Waals surface area contributed by atoms with Crippen molar-refractivity contribution in [3.63, 3.8) is 0 Å². The summed E-state index contributed by atoms with van der Waals surface area (Å²) in [5.41, 5.74) is 2.23. The summed E-state index contributed by atoms with van der Waals surface area (Å²) in [5, 5.41) is 15.0. The number of hydroxylamine groups is 1. The zero-order chi connectivity index (χ0) is 9.11. The molecule has 1 atom stereocenters. The first kappa shape index (κ1) is 13.2. The highest BCUT2D eigenvalue weighted by molar-refractivity contribution is 4.74. The topological polar surface area (TPSA) is 78.5 Å². The van der Waals surface area contributed by atoms with E-state index in [9.17, 15) is 0 Å². The van der Waals surface area contributed by atoms with E-state index in [4.69, 9.17) is 10.4 Å². The molecule has 0 saturated carbocycles. The predicted octanol–water partition coefficient (Wildman–Crippen LogP) is 1.04. The van der Waals surface area contributed by atoms with E-state index >= 15 is 0 Å². The Kier molecular flexibility index (Phi) is 14.7. The van der Waals surface area contributed by atoms with Gasteiger partial charge in [-0.15, -0.1) is 6.58 Å².